The molecule has 0 radical (unpaired) electrons. The minimum atomic E-state index is -0.307. The summed E-state index contributed by atoms with van der Waals surface area (Å²) in [5.41, 5.74) is 1.35. The van der Waals surface area contributed by atoms with Crippen molar-refractivity contribution in [3.63, 3.8) is 0 Å². The number of carbonyl (C=O) groups is 1. The monoisotopic (exact) mass is 318 g/mol. The molecule has 3 atom stereocenters. The predicted molar refractivity (Wildman–Crippen MR) is 91.0 cm³/mol. The number of thiocarbonyl (C=S) groups is 1. The van der Waals surface area contributed by atoms with E-state index in [0.29, 0.717) is 23.3 Å². The first-order chi connectivity index (χ1) is 10.7. The van der Waals surface area contributed by atoms with E-state index in [1.165, 1.54) is 25.7 Å². The highest BCUT2D eigenvalue weighted by Crippen LogP contribution is 2.44. The van der Waals surface area contributed by atoms with Gasteiger partial charge in [-0.15, -0.1) is 0 Å². The first kappa shape index (κ1) is 15.3. The molecule has 3 unspecified atom stereocenters. The number of benzene rings is 1. The lowest BCUT2D eigenvalue weighted by atomic mass is 9.96. The molecule has 1 aromatic rings. The van der Waals surface area contributed by atoms with Crippen molar-refractivity contribution in [3.05, 3.63) is 29.8 Å². The van der Waals surface area contributed by atoms with Gasteiger partial charge in [-0.3, -0.25) is 0 Å². The molecule has 3 rings (SSSR count). The lowest BCUT2D eigenvalue weighted by Crippen LogP contribution is -2.40. The molecule has 118 valence electrons. The highest BCUT2D eigenvalue weighted by Gasteiger charge is 2.39. The van der Waals surface area contributed by atoms with Gasteiger partial charge in [0.15, 0.2) is 5.11 Å². The molecule has 0 spiro atoms. The Morgan fingerprint density at radius 3 is 2.91 bits per heavy atom. The van der Waals surface area contributed by atoms with Gasteiger partial charge in [-0.05, 0) is 68.4 Å². The molecule has 2 aliphatic rings. The zero-order chi connectivity index (χ0) is 15.5. The topological polar surface area (TPSA) is 50.4 Å². The molecule has 0 heterocycles. The highest BCUT2D eigenvalue weighted by atomic mass is 32.1. The van der Waals surface area contributed by atoms with Gasteiger partial charge in [0.1, 0.15) is 0 Å². The van der Waals surface area contributed by atoms with Crippen LogP contribution in [0.15, 0.2) is 24.3 Å². The lowest BCUT2D eigenvalue weighted by Gasteiger charge is -2.24. The van der Waals surface area contributed by atoms with Crippen LogP contribution in [-0.2, 0) is 4.74 Å². The van der Waals surface area contributed by atoms with E-state index in [-0.39, 0.29) is 5.97 Å². The molecule has 2 fully saturated rings. The zero-order valence-corrected chi connectivity index (χ0v) is 13.6. The summed E-state index contributed by atoms with van der Waals surface area (Å²) < 4.78 is 5.01. The smallest absolute Gasteiger partial charge is 0.338 e. The number of rotatable bonds is 4. The Morgan fingerprint density at radius 1 is 1.36 bits per heavy atom. The summed E-state index contributed by atoms with van der Waals surface area (Å²) in [4.78, 5) is 11.7. The standard InChI is InChI=1S/C17H22N2O2S/c1-2-21-16(20)13-4-3-5-14(10-13)18-17(22)19-15-9-11-6-7-12(15)8-11/h3-5,10-12,15H,2,6-9H2,1H3,(H2,18,19,22). The van der Waals surface area contributed by atoms with E-state index in [4.69, 9.17) is 17.0 Å². The molecule has 2 N–H and O–H groups in total. The first-order valence-electron chi connectivity index (χ1n) is 8.00. The van der Waals surface area contributed by atoms with E-state index in [0.717, 1.165) is 17.5 Å². The number of hydrogen-bond donors (Lipinski definition) is 2. The fourth-order valence-corrected chi connectivity index (χ4v) is 3.96. The fourth-order valence-electron chi connectivity index (χ4n) is 3.70. The molecule has 0 aromatic heterocycles. The van der Waals surface area contributed by atoms with Crippen LogP contribution in [0, 0.1) is 11.8 Å². The maximum atomic E-state index is 11.7. The Morgan fingerprint density at radius 2 is 2.23 bits per heavy atom. The summed E-state index contributed by atoms with van der Waals surface area (Å²) >= 11 is 5.41. The first-order valence-corrected chi connectivity index (χ1v) is 8.41. The number of nitrogens with one attached hydrogen (secondary N) is 2. The largest absolute Gasteiger partial charge is 0.462 e. The van der Waals surface area contributed by atoms with E-state index in [1.807, 2.05) is 12.1 Å². The van der Waals surface area contributed by atoms with Crippen molar-refractivity contribution in [1.82, 2.24) is 5.32 Å². The second kappa shape index (κ2) is 6.65. The van der Waals surface area contributed by atoms with Crippen LogP contribution >= 0.6 is 12.2 Å². The lowest BCUT2D eigenvalue weighted by molar-refractivity contribution is 0.0526. The van der Waals surface area contributed by atoms with Gasteiger partial charge in [0.2, 0.25) is 0 Å². The van der Waals surface area contributed by atoms with Gasteiger partial charge in [-0.2, -0.15) is 0 Å². The summed E-state index contributed by atoms with van der Waals surface area (Å²) in [5.74, 6) is 1.35. The normalized spacial score (nSPS) is 25.8. The van der Waals surface area contributed by atoms with E-state index in [2.05, 4.69) is 10.6 Å². The highest BCUT2D eigenvalue weighted by molar-refractivity contribution is 7.80. The second-order valence-electron chi connectivity index (χ2n) is 6.18. The van der Waals surface area contributed by atoms with Crippen LogP contribution in [0.5, 0.6) is 0 Å². The van der Waals surface area contributed by atoms with E-state index in [9.17, 15) is 4.79 Å². The number of carbonyl (C=O) groups excluding carboxylic acids is 1. The minimum absolute atomic E-state index is 0.307. The average Bonchev–Trinajstić information content (AvgIpc) is 3.10. The third-order valence-corrected chi connectivity index (χ3v) is 4.91. The van der Waals surface area contributed by atoms with Crippen molar-refractivity contribution >= 4 is 29.0 Å². The molecule has 2 bridgehead atoms. The number of fused-ring (bicyclic) bond motifs is 2. The molecule has 5 heteroatoms. The van der Waals surface area contributed by atoms with Gasteiger partial charge in [0, 0.05) is 11.7 Å². The van der Waals surface area contributed by atoms with Gasteiger partial charge >= 0.3 is 5.97 Å². The molecular formula is C17H22N2O2S. The molecular weight excluding hydrogens is 296 g/mol. The Labute approximate surface area is 136 Å². The second-order valence-corrected chi connectivity index (χ2v) is 6.59. The van der Waals surface area contributed by atoms with Crippen molar-refractivity contribution in [2.75, 3.05) is 11.9 Å². The van der Waals surface area contributed by atoms with Crippen molar-refractivity contribution in [2.45, 2.75) is 38.6 Å². The third kappa shape index (κ3) is 3.40. The van der Waals surface area contributed by atoms with Crippen molar-refractivity contribution < 1.29 is 9.53 Å². The van der Waals surface area contributed by atoms with Gasteiger partial charge in [-0.1, -0.05) is 12.5 Å². The van der Waals surface area contributed by atoms with Gasteiger partial charge < -0.3 is 15.4 Å². The maximum absolute atomic E-state index is 11.7. The summed E-state index contributed by atoms with van der Waals surface area (Å²) in [6.07, 6.45) is 5.28. The summed E-state index contributed by atoms with van der Waals surface area (Å²) in [5, 5.41) is 7.25. The van der Waals surface area contributed by atoms with Crippen molar-refractivity contribution in [2.24, 2.45) is 11.8 Å². The molecule has 0 saturated heterocycles. The van der Waals surface area contributed by atoms with Crippen LogP contribution in [0.2, 0.25) is 0 Å². The maximum Gasteiger partial charge on any atom is 0.338 e. The van der Waals surface area contributed by atoms with E-state index < -0.39 is 0 Å². The quantitative estimate of drug-likeness (QED) is 0.659. The van der Waals surface area contributed by atoms with Crippen LogP contribution in [-0.4, -0.2) is 23.7 Å². The average molecular weight is 318 g/mol. The summed E-state index contributed by atoms with van der Waals surface area (Å²) in [6.45, 7) is 2.18. The third-order valence-electron chi connectivity index (χ3n) is 4.69. The Hall–Kier alpha value is -1.62. The van der Waals surface area contributed by atoms with Crippen LogP contribution in [0.4, 0.5) is 5.69 Å². The molecule has 1 aromatic carbocycles. The number of anilines is 1. The number of hydrogen-bond acceptors (Lipinski definition) is 3. The van der Waals surface area contributed by atoms with Crippen LogP contribution in [0.1, 0.15) is 43.0 Å². The fraction of sp³-hybridized carbons (Fsp3) is 0.529. The SMILES string of the molecule is CCOC(=O)c1cccc(NC(=S)NC2CC3CCC2C3)c1. The van der Waals surface area contributed by atoms with Crippen LogP contribution < -0.4 is 10.6 Å². The molecule has 22 heavy (non-hydrogen) atoms. The predicted octanol–water partition coefficient (Wildman–Crippen LogP) is 3.34. The van der Waals surface area contributed by atoms with E-state index >= 15 is 0 Å². The van der Waals surface area contributed by atoms with E-state index in [1.54, 1.807) is 19.1 Å². The zero-order valence-electron chi connectivity index (χ0n) is 12.8. The van der Waals surface area contributed by atoms with Crippen LogP contribution in [0.25, 0.3) is 0 Å². The number of ether oxygens (including phenoxy) is 1. The molecule has 0 aliphatic heterocycles. The number of esters is 1. The Balaban J connectivity index is 1.57. The molecule has 0 amide bonds. The Bertz CT molecular complexity index is 576. The van der Waals surface area contributed by atoms with Crippen molar-refractivity contribution in [1.29, 1.82) is 0 Å². The molecule has 2 aliphatic carbocycles. The Kier molecular flexibility index (Phi) is 4.62. The van der Waals surface area contributed by atoms with Crippen molar-refractivity contribution in [3.8, 4) is 0 Å². The summed E-state index contributed by atoms with van der Waals surface area (Å²) in [7, 11) is 0. The van der Waals surface area contributed by atoms with Gasteiger partial charge in [-0.25, -0.2) is 4.79 Å². The van der Waals surface area contributed by atoms with Gasteiger partial charge in [0.25, 0.3) is 0 Å². The minimum Gasteiger partial charge on any atom is -0.462 e. The van der Waals surface area contributed by atoms with Crippen LogP contribution in [0.3, 0.4) is 0 Å². The molecule has 4 nitrogen and oxygen atoms in total. The van der Waals surface area contributed by atoms with Gasteiger partial charge in [0.05, 0.1) is 12.2 Å². The summed E-state index contributed by atoms with van der Waals surface area (Å²) in [6, 6.07) is 7.75. The molecule has 2 saturated carbocycles.